The van der Waals surface area contributed by atoms with E-state index in [1.807, 2.05) is 48.0 Å². The number of benzene rings is 1. The minimum atomic E-state index is -0.133. The van der Waals surface area contributed by atoms with Crippen molar-refractivity contribution in [3.63, 3.8) is 0 Å². The zero-order chi connectivity index (χ0) is 19.3. The van der Waals surface area contributed by atoms with E-state index in [-0.39, 0.29) is 5.91 Å². The molecule has 0 aliphatic rings. The van der Waals surface area contributed by atoms with E-state index in [1.54, 1.807) is 36.7 Å². The minimum absolute atomic E-state index is 0.133. The number of nitrogens with one attached hydrogen (secondary N) is 1. The molecule has 0 spiro atoms. The first-order valence-corrected chi connectivity index (χ1v) is 9.01. The molecule has 6 nitrogen and oxygen atoms in total. The summed E-state index contributed by atoms with van der Waals surface area (Å²) in [6.45, 7) is 2.86. The first kappa shape index (κ1) is 17.7. The summed E-state index contributed by atoms with van der Waals surface area (Å²) in [5.41, 5.74) is 4.46. The molecule has 28 heavy (non-hydrogen) atoms. The summed E-state index contributed by atoms with van der Waals surface area (Å²) in [5, 5.41) is 2.88. The van der Waals surface area contributed by atoms with Crippen LogP contribution in [0.4, 0.5) is 0 Å². The first-order valence-electron chi connectivity index (χ1n) is 9.01. The third-order valence-electron chi connectivity index (χ3n) is 4.33. The summed E-state index contributed by atoms with van der Waals surface area (Å²) in [6.07, 6.45) is 7.43. The molecule has 0 bridgehead atoms. The maximum Gasteiger partial charge on any atom is 0.251 e. The molecule has 4 rings (SSSR count). The Hall–Kier alpha value is -3.67. The van der Waals surface area contributed by atoms with Crippen molar-refractivity contribution in [2.45, 2.75) is 20.1 Å². The molecule has 1 N–H and O–H groups in total. The van der Waals surface area contributed by atoms with Crippen LogP contribution < -0.4 is 10.1 Å². The number of aromatic nitrogens is 3. The number of pyridine rings is 2. The Kier molecular flexibility index (Phi) is 5.01. The Bertz CT molecular complexity index is 1090. The molecule has 4 aromatic rings. The van der Waals surface area contributed by atoms with Crippen molar-refractivity contribution in [2.24, 2.45) is 0 Å². The lowest BCUT2D eigenvalue weighted by Crippen LogP contribution is -2.22. The highest BCUT2D eigenvalue weighted by molar-refractivity contribution is 5.94. The van der Waals surface area contributed by atoms with E-state index in [0.717, 1.165) is 16.9 Å². The third-order valence-corrected chi connectivity index (χ3v) is 4.33. The zero-order valence-corrected chi connectivity index (χ0v) is 15.5. The molecule has 0 saturated heterocycles. The lowest BCUT2D eigenvalue weighted by Gasteiger charge is -2.07. The average molecular weight is 372 g/mol. The van der Waals surface area contributed by atoms with Crippen LogP contribution in [-0.2, 0) is 13.2 Å². The van der Waals surface area contributed by atoms with Gasteiger partial charge in [0.2, 0.25) is 0 Å². The van der Waals surface area contributed by atoms with Gasteiger partial charge in [-0.15, -0.1) is 0 Å². The fourth-order valence-electron chi connectivity index (χ4n) is 2.87. The van der Waals surface area contributed by atoms with Gasteiger partial charge in [-0.25, -0.2) is 4.98 Å². The SMILES string of the molecule is Cc1ccc2nc(COc3ccc(C(=O)NCc4cccnc4)cc3)cn2c1. The van der Waals surface area contributed by atoms with E-state index in [4.69, 9.17) is 4.74 Å². The van der Waals surface area contributed by atoms with E-state index >= 15 is 0 Å². The van der Waals surface area contributed by atoms with Gasteiger partial charge in [0, 0.05) is 36.9 Å². The van der Waals surface area contributed by atoms with Crippen LogP contribution in [0.2, 0.25) is 0 Å². The predicted molar refractivity (Wildman–Crippen MR) is 106 cm³/mol. The molecule has 0 aliphatic heterocycles. The average Bonchev–Trinajstić information content (AvgIpc) is 3.13. The second kappa shape index (κ2) is 7.92. The van der Waals surface area contributed by atoms with E-state index in [0.29, 0.717) is 24.5 Å². The fourth-order valence-corrected chi connectivity index (χ4v) is 2.87. The van der Waals surface area contributed by atoms with Crippen molar-refractivity contribution >= 4 is 11.6 Å². The van der Waals surface area contributed by atoms with E-state index in [2.05, 4.69) is 15.3 Å². The third kappa shape index (κ3) is 4.17. The predicted octanol–water partition coefficient (Wildman–Crippen LogP) is 3.55. The highest BCUT2D eigenvalue weighted by atomic mass is 16.5. The topological polar surface area (TPSA) is 68.5 Å². The Labute approximate surface area is 162 Å². The first-order chi connectivity index (χ1) is 13.7. The minimum Gasteiger partial charge on any atom is -0.487 e. The highest BCUT2D eigenvalue weighted by Gasteiger charge is 2.07. The van der Waals surface area contributed by atoms with Gasteiger partial charge in [-0.2, -0.15) is 0 Å². The Morgan fingerprint density at radius 2 is 1.96 bits per heavy atom. The lowest BCUT2D eigenvalue weighted by atomic mass is 10.2. The van der Waals surface area contributed by atoms with Crippen molar-refractivity contribution in [1.29, 1.82) is 0 Å². The quantitative estimate of drug-likeness (QED) is 0.562. The number of hydrogen-bond donors (Lipinski definition) is 1. The number of rotatable bonds is 6. The molecular formula is C22H20N4O2. The van der Waals surface area contributed by atoms with Gasteiger partial charge < -0.3 is 14.5 Å². The van der Waals surface area contributed by atoms with Gasteiger partial charge in [0.25, 0.3) is 5.91 Å². The zero-order valence-electron chi connectivity index (χ0n) is 15.5. The summed E-state index contributed by atoms with van der Waals surface area (Å²) in [6, 6.07) is 14.9. The van der Waals surface area contributed by atoms with Crippen LogP contribution in [-0.4, -0.2) is 20.3 Å². The van der Waals surface area contributed by atoms with E-state index in [9.17, 15) is 4.79 Å². The molecule has 0 atom stereocenters. The maximum absolute atomic E-state index is 12.3. The van der Waals surface area contributed by atoms with E-state index in [1.165, 1.54) is 5.56 Å². The molecule has 1 amide bonds. The van der Waals surface area contributed by atoms with E-state index < -0.39 is 0 Å². The Balaban J connectivity index is 1.34. The van der Waals surface area contributed by atoms with Gasteiger partial charge in [0.15, 0.2) is 0 Å². The second-order valence-electron chi connectivity index (χ2n) is 6.56. The summed E-state index contributed by atoms with van der Waals surface area (Å²) < 4.78 is 7.79. The van der Waals surface area contributed by atoms with Crippen molar-refractivity contribution in [3.8, 4) is 5.75 Å². The van der Waals surface area contributed by atoms with Crippen molar-refractivity contribution in [3.05, 3.63) is 95.7 Å². The fraction of sp³-hybridized carbons (Fsp3) is 0.136. The maximum atomic E-state index is 12.3. The second-order valence-corrected chi connectivity index (χ2v) is 6.56. The molecule has 0 saturated carbocycles. The van der Waals surface area contributed by atoms with Crippen molar-refractivity contribution in [2.75, 3.05) is 0 Å². The summed E-state index contributed by atoms with van der Waals surface area (Å²) in [4.78, 5) is 20.8. The van der Waals surface area contributed by atoms with Gasteiger partial charge in [0.05, 0.1) is 5.69 Å². The molecule has 0 fully saturated rings. The highest BCUT2D eigenvalue weighted by Crippen LogP contribution is 2.15. The number of imidazole rings is 1. The summed E-state index contributed by atoms with van der Waals surface area (Å²) >= 11 is 0. The normalized spacial score (nSPS) is 10.8. The molecule has 3 heterocycles. The van der Waals surface area contributed by atoms with Crippen molar-refractivity contribution < 1.29 is 9.53 Å². The molecule has 0 aliphatic carbocycles. The molecule has 0 radical (unpaired) electrons. The monoisotopic (exact) mass is 372 g/mol. The molecular weight excluding hydrogens is 352 g/mol. The smallest absolute Gasteiger partial charge is 0.251 e. The van der Waals surface area contributed by atoms with Crippen molar-refractivity contribution in [1.82, 2.24) is 19.7 Å². The number of ether oxygens (including phenoxy) is 1. The van der Waals surface area contributed by atoms with Crippen LogP contribution in [0.5, 0.6) is 5.75 Å². The molecule has 3 aromatic heterocycles. The van der Waals surface area contributed by atoms with Crippen LogP contribution in [0.25, 0.3) is 5.65 Å². The largest absolute Gasteiger partial charge is 0.487 e. The number of fused-ring (bicyclic) bond motifs is 1. The summed E-state index contributed by atoms with van der Waals surface area (Å²) in [7, 11) is 0. The van der Waals surface area contributed by atoms with Gasteiger partial charge >= 0.3 is 0 Å². The Morgan fingerprint density at radius 3 is 2.75 bits per heavy atom. The van der Waals surface area contributed by atoms with Crippen LogP contribution in [0.1, 0.15) is 27.2 Å². The number of aryl methyl sites for hydroxylation is 1. The van der Waals surface area contributed by atoms with Gasteiger partial charge in [-0.3, -0.25) is 9.78 Å². The lowest BCUT2D eigenvalue weighted by molar-refractivity contribution is 0.0951. The van der Waals surface area contributed by atoms with Crippen LogP contribution in [0, 0.1) is 6.92 Å². The number of amides is 1. The van der Waals surface area contributed by atoms with Gasteiger partial charge in [-0.05, 0) is 54.4 Å². The standard InChI is InChI=1S/C22H20N4O2/c1-16-4-9-21-25-19(14-26(21)13-16)15-28-20-7-5-18(6-8-20)22(27)24-12-17-3-2-10-23-11-17/h2-11,13-14H,12,15H2,1H3,(H,24,27). The van der Waals surface area contributed by atoms with Crippen LogP contribution in [0.15, 0.2) is 73.3 Å². The van der Waals surface area contributed by atoms with Crippen LogP contribution in [0.3, 0.4) is 0 Å². The molecule has 1 aromatic carbocycles. The number of carbonyl (C=O) groups excluding carboxylic acids is 1. The van der Waals surface area contributed by atoms with Gasteiger partial charge in [0.1, 0.15) is 18.0 Å². The van der Waals surface area contributed by atoms with Gasteiger partial charge in [-0.1, -0.05) is 12.1 Å². The molecule has 6 heteroatoms. The van der Waals surface area contributed by atoms with Crippen LogP contribution >= 0.6 is 0 Å². The Morgan fingerprint density at radius 1 is 1.11 bits per heavy atom. The number of hydrogen-bond acceptors (Lipinski definition) is 4. The number of carbonyl (C=O) groups is 1. The number of nitrogens with zero attached hydrogens (tertiary/aromatic N) is 3. The summed E-state index contributed by atoms with van der Waals surface area (Å²) in [5.74, 6) is 0.558. The molecule has 140 valence electrons. The molecule has 0 unspecified atom stereocenters.